The van der Waals surface area contributed by atoms with Gasteiger partial charge in [0.1, 0.15) is 0 Å². The highest BCUT2D eigenvalue weighted by molar-refractivity contribution is 5.83. The summed E-state index contributed by atoms with van der Waals surface area (Å²) in [6, 6.07) is -0.239. The zero-order valence-electron chi connectivity index (χ0n) is 13.2. The van der Waals surface area contributed by atoms with Crippen LogP contribution < -0.4 is 5.32 Å². The standard InChI is InChI=1S/C14H28N4O2/c1-5-8-18(11-13(19)16(3)4)12(2)14(20)17-9-6-15-7-10-17/h12,15H,5-11H2,1-4H3. The Balaban J connectivity index is 2.63. The molecular weight excluding hydrogens is 256 g/mol. The van der Waals surface area contributed by atoms with Crippen molar-refractivity contribution in [1.82, 2.24) is 20.0 Å². The summed E-state index contributed by atoms with van der Waals surface area (Å²) in [7, 11) is 3.49. The highest BCUT2D eigenvalue weighted by atomic mass is 16.2. The van der Waals surface area contributed by atoms with E-state index in [9.17, 15) is 9.59 Å². The molecule has 0 aromatic rings. The molecule has 0 saturated carbocycles. The van der Waals surface area contributed by atoms with E-state index in [4.69, 9.17) is 0 Å². The summed E-state index contributed by atoms with van der Waals surface area (Å²) >= 11 is 0. The van der Waals surface area contributed by atoms with Gasteiger partial charge in [-0.25, -0.2) is 0 Å². The number of rotatable bonds is 6. The predicted octanol–water partition coefficient (Wildman–Crippen LogP) is -0.393. The van der Waals surface area contributed by atoms with Gasteiger partial charge in [-0.2, -0.15) is 0 Å². The van der Waals surface area contributed by atoms with Crippen molar-refractivity contribution in [2.75, 3.05) is 53.4 Å². The molecule has 20 heavy (non-hydrogen) atoms. The molecule has 1 rings (SSSR count). The van der Waals surface area contributed by atoms with Gasteiger partial charge in [0.25, 0.3) is 0 Å². The van der Waals surface area contributed by atoms with E-state index in [2.05, 4.69) is 12.2 Å². The normalized spacial score (nSPS) is 17.1. The summed E-state index contributed by atoms with van der Waals surface area (Å²) in [4.78, 5) is 29.8. The number of amides is 2. The smallest absolute Gasteiger partial charge is 0.239 e. The summed E-state index contributed by atoms with van der Waals surface area (Å²) in [5.41, 5.74) is 0. The highest BCUT2D eigenvalue weighted by Crippen LogP contribution is 2.07. The quantitative estimate of drug-likeness (QED) is 0.721. The minimum Gasteiger partial charge on any atom is -0.348 e. The first-order chi connectivity index (χ1) is 9.47. The number of carbonyl (C=O) groups is 2. The van der Waals surface area contributed by atoms with E-state index >= 15 is 0 Å². The highest BCUT2D eigenvalue weighted by Gasteiger charge is 2.27. The fourth-order valence-corrected chi connectivity index (χ4v) is 2.32. The first kappa shape index (κ1) is 16.9. The summed E-state index contributed by atoms with van der Waals surface area (Å²) in [5, 5.41) is 3.24. The summed E-state index contributed by atoms with van der Waals surface area (Å²) in [6.45, 7) is 8.25. The zero-order chi connectivity index (χ0) is 15.1. The lowest BCUT2D eigenvalue weighted by Crippen LogP contribution is -2.54. The number of likely N-dealkylation sites (N-methyl/N-ethyl adjacent to an activating group) is 1. The third-order valence-corrected chi connectivity index (χ3v) is 3.68. The van der Waals surface area contributed by atoms with Crippen LogP contribution in [-0.4, -0.2) is 85.9 Å². The minimum atomic E-state index is -0.239. The second-order valence-corrected chi connectivity index (χ2v) is 5.51. The fourth-order valence-electron chi connectivity index (χ4n) is 2.32. The third-order valence-electron chi connectivity index (χ3n) is 3.68. The monoisotopic (exact) mass is 284 g/mol. The van der Waals surface area contributed by atoms with Crippen LogP contribution in [0.5, 0.6) is 0 Å². The van der Waals surface area contributed by atoms with Gasteiger partial charge in [-0.05, 0) is 19.9 Å². The van der Waals surface area contributed by atoms with Gasteiger partial charge >= 0.3 is 0 Å². The van der Waals surface area contributed by atoms with Crippen molar-refractivity contribution in [2.45, 2.75) is 26.3 Å². The summed E-state index contributed by atoms with van der Waals surface area (Å²) in [5.74, 6) is 0.171. The van der Waals surface area contributed by atoms with Gasteiger partial charge in [-0.3, -0.25) is 14.5 Å². The number of hydrogen-bond donors (Lipinski definition) is 1. The van der Waals surface area contributed by atoms with Gasteiger partial charge in [0.05, 0.1) is 12.6 Å². The van der Waals surface area contributed by atoms with Crippen molar-refractivity contribution < 1.29 is 9.59 Å². The molecule has 1 heterocycles. The van der Waals surface area contributed by atoms with Crippen LogP contribution in [0.2, 0.25) is 0 Å². The lowest BCUT2D eigenvalue weighted by atomic mass is 10.2. The van der Waals surface area contributed by atoms with Crippen LogP contribution in [0, 0.1) is 0 Å². The summed E-state index contributed by atoms with van der Waals surface area (Å²) < 4.78 is 0. The van der Waals surface area contributed by atoms with Crippen molar-refractivity contribution >= 4 is 11.8 Å². The van der Waals surface area contributed by atoms with Gasteiger partial charge in [-0.1, -0.05) is 6.92 Å². The number of piperazine rings is 1. The molecule has 6 heteroatoms. The minimum absolute atomic E-state index is 0.0402. The zero-order valence-corrected chi connectivity index (χ0v) is 13.2. The summed E-state index contributed by atoms with van der Waals surface area (Å²) in [6.07, 6.45) is 0.930. The number of nitrogens with one attached hydrogen (secondary N) is 1. The van der Waals surface area contributed by atoms with E-state index in [1.54, 1.807) is 19.0 Å². The van der Waals surface area contributed by atoms with Crippen molar-refractivity contribution in [1.29, 1.82) is 0 Å². The largest absolute Gasteiger partial charge is 0.348 e. The van der Waals surface area contributed by atoms with Crippen LogP contribution in [0.4, 0.5) is 0 Å². The second-order valence-electron chi connectivity index (χ2n) is 5.51. The molecule has 1 atom stereocenters. The van der Waals surface area contributed by atoms with Crippen LogP contribution in [-0.2, 0) is 9.59 Å². The fraction of sp³-hybridized carbons (Fsp3) is 0.857. The van der Waals surface area contributed by atoms with E-state index in [0.717, 1.165) is 39.1 Å². The molecule has 1 aliphatic rings. The molecule has 116 valence electrons. The average molecular weight is 284 g/mol. The van der Waals surface area contributed by atoms with E-state index < -0.39 is 0 Å². The van der Waals surface area contributed by atoms with Crippen LogP contribution in [0.3, 0.4) is 0 Å². The van der Waals surface area contributed by atoms with Crippen molar-refractivity contribution in [3.63, 3.8) is 0 Å². The van der Waals surface area contributed by atoms with Crippen LogP contribution >= 0.6 is 0 Å². The molecule has 0 spiro atoms. The predicted molar refractivity (Wildman–Crippen MR) is 79.5 cm³/mol. The Labute approximate surface area is 122 Å². The number of nitrogens with zero attached hydrogens (tertiary/aromatic N) is 3. The molecule has 1 unspecified atom stereocenters. The molecule has 0 radical (unpaired) electrons. The molecule has 0 bridgehead atoms. The van der Waals surface area contributed by atoms with Gasteiger partial charge in [0.2, 0.25) is 11.8 Å². The molecule has 1 saturated heterocycles. The Hall–Kier alpha value is -1.14. The Bertz CT molecular complexity index is 327. The van der Waals surface area contributed by atoms with Gasteiger partial charge in [-0.15, -0.1) is 0 Å². The Morgan fingerprint density at radius 1 is 1.25 bits per heavy atom. The second kappa shape index (κ2) is 8.21. The average Bonchev–Trinajstić information content (AvgIpc) is 2.46. The Morgan fingerprint density at radius 2 is 1.85 bits per heavy atom. The Morgan fingerprint density at radius 3 is 2.35 bits per heavy atom. The third kappa shape index (κ3) is 4.76. The maximum Gasteiger partial charge on any atom is 0.239 e. The van der Waals surface area contributed by atoms with Crippen LogP contribution in [0.15, 0.2) is 0 Å². The molecule has 1 aliphatic heterocycles. The van der Waals surface area contributed by atoms with E-state index in [-0.39, 0.29) is 17.9 Å². The number of carbonyl (C=O) groups excluding carboxylic acids is 2. The van der Waals surface area contributed by atoms with Crippen LogP contribution in [0.1, 0.15) is 20.3 Å². The van der Waals surface area contributed by atoms with Crippen molar-refractivity contribution in [3.05, 3.63) is 0 Å². The topological polar surface area (TPSA) is 55.9 Å². The maximum atomic E-state index is 12.5. The number of hydrogen-bond acceptors (Lipinski definition) is 4. The van der Waals surface area contributed by atoms with Gasteiger partial charge < -0.3 is 15.1 Å². The molecule has 1 fully saturated rings. The van der Waals surface area contributed by atoms with Gasteiger partial charge in [0.15, 0.2) is 0 Å². The van der Waals surface area contributed by atoms with E-state index in [1.165, 1.54) is 0 Å². The van der Waals surface area contributed by atoms with E-state index in [0.29, 0.717) is 6.54 Å². The van der Waals surface area contributed by atoms with Crippen LogP contribution in [0.25, 0.3) is 0 Å². The lowest BCUT2D eigenvalue weighted by Gasteiger charge is -2.34. The molecular formula is C14H28N4O2. The Kier molecular flexibility index (Phi) is 6.95. The first-order valence-electron chi connectivity index (χ1n) is 7.41. The molecule has 0 aromatic heterocycles. The van der Waals surface area contributed by atoms with E-state index in [1.807, 2.05) is 16.7 Å². The molecule has 1 N–H and O–H groups in total. The molecule has 6 nitrogen and oxygen atoms in total. The van der Waals surface area contributed by atoms with Crippen molar-refractivity contribution in [3.8, 4) is 0 Å². The maximum absolute atomic E-state index is 12.5. The molecule has 0 aliphatic carbocycles. The SMILES string of the molecule is CCCN(CC(=O)N(C)C)C(C)C(=O)N1CCNCC1. The van der Waals surface area contributed by atoms with Gasteiger partial charge in [0, 0.05) is 40.3 Å². The first-order valence-corrected chi connectivity index (χ1v) is 7.41. The molecule has 2 amide bonds. The lowest BCUT2D eigenvalue weighted by molar-refractivity contribution is -0.139. The molecule has 0 aromatic carbocycles. The van der Waals surface area contributed by atoms with Crippen molar-refractivity contribution in [2.24, 2.45) is 0 Å².